The van der Waals surface area contributed by atoms with Crippen molar-refractivity contribution in [3.05, 3.63) is 12.4 Å². The second-order valence-corrected chi connectivity index (χ2v) is 5.30. The molecule has 1 saturated heterocycles. The summed E-state index contributed by atoms with van der Waals surface area (Å²) < 4.78 is 35.6. The summed E-state index contributed by atoms with van der Waals surface area (Å²) in [4.78, 5) is 12.7. The zero-order valence-corrected chi connectivity index (χ0v) is 9.32. The predicted octanol–water partition coefficient (Wildman–Crippen LogP) is -0.175. The molecule has 16 heavy (non-hydrogen) atoms. The van der Waals surface area contributed by atoms with Gasteiger partial charge in [0.15, 0.2) is 0 Å². The van der Waals surface area contributed by atoms with Crippen molar-refractivity contribution in [1.82, 2.24) is 9.78 Å². The second-order valence-electron chi connectivity index (χ2n) is 3.68. The number of anilines is 1. The van der Waals surface area contributed by atoms with Gasteiger partial charge in [0, 0.05) is 26.2 Å². The van der Waals surface area contributed by atoms with Crippen LogP contribution in [0.2, 0.25) is 0 Å². The largest absolute Gasteiger partial charge is 0.308 e. The molecule has 2 rings (SSSR count). The van der Waals surface area contributed by atoms with Crippen LogP contribution < -0.4 is 4.90 Å². The lowest BCUT2D eigenvalue weighted by atomic mass is 10.4. The van der Waals surface area contributed by atoms with Crippen LogP contribution >= 0.6 is 0 Å². The molecule has 0 spiro atoms. The minimum atomic E-state index is -4.66. The van der Waals surface area contributed by atoms with Crippen LogP contribution in [0.1, 0.15) is 6.42 Å². The average molecular weight is 247 g/mol. The number of carbonyl (C=O) groups excluding carboxylic acids is 1. The van der Waals surface area contributed by atoms with Crippen molar-refractivity contribution >= 4 is 21.8 Å². The van der Waals surface area contributed by atoms with Gasteiger partial charge in [0.25, 0.3) is 0 Å². The maximum Gasteiger partial charge on any atom is 0.307 e. The van der Waals surface area contributed by atoms with Gasteiger partial charge in [-0.25, -0.2) is 0 Å². The second kappa shape index (κ2) is 3.55. The fourth-order valence-electron chi connectivity index (χ4n) is 1.66. The Morgan fingerprint density at radius 1 is 1.56 bits per heavy atom. The fourth-order valence-corrected chi connectivity index (χ4v) is 2.33. The smallest absolute Gasteiger partial charge is 0.307 e. The van der Waals surface area contributed by atoms with E-state index in [-0.39, 0.29) is 13.0 Å². The quantitative estimate of drug-likeness (QED) is 0.680. The molecule has 0 saturated carbocycles. The molecule has 0 N–H and O–H groups in total. The summed E-state index contributed by atoms with van der Waals surface area (Å²) in [6, 6.07) is 0. The molecule has 0 bridgehead atoms. The Kier molecular flexibility index (Phi) is 2.45. The number of rotatable bonds is 2. The van der Waals surface area contributed by atoms with E-state index in [1.165, 1.54) is 15.8 Å². The maximum absolute atomic E-state index is 12.7. The van der Waals surface area contributed by atoms with Gasteiger partial charge in [0.05, 0.1) is 11.9 Å². The summed E-state index contributed by atoms with van der Waals surface area (Å²) in [5.41, 5.74) is 0.485. The molecule has 88 valence electrons. The van der Waals surface area contributed by atoms with Crippen LogP contribution in [0.15, 0.2) is 12.4 Å². The number of aryl methyl sites for hydroxylation is 1. The molecule has 1 atom stereocenters. The third-order valence-electron chi connectivity index (χ3n) is 2.49. The fraction of sp³-hybridized carbons (Fsp3) is 0.500. The first-order valence-electron chi connectivity index (χ1n) is 4.60. The van der Waals surface area contributed by atoms with Gasteiger partial charge >= 0.3 is 10.2 Å². The molecular weight excluding hydrogens is 237 g/mol. The molecule has 2 heterocycles. The number of amides is 1. The molecule has 1 fully saturated rings. The van der Waals surface area contributed by atoms with Gasteiger partial charge in [-0.3, -0.25) is 9.48 Å². The molecular formula is C8H10FN3O3S. The predicted molar refractivity (Wildman–Crippen MR) is 54.0 cm³/mol. The number of halogens is 1. The van der Waals surface area contributed by atoms with Crippen molar-refractivity contribution in [2.45, 2.75) is 11.7 Å². The lowest BCUT2D eigenvalue weighted by Gasteiger charge is -2.12. The van der Waals surface area contributed by atoms with Gasteiger partial charge in [-0.05, 0) is 0 Å². The van der Waals surface area contributed by atoms with Gasteiger partial charge in [-0.2, -0.15) is 13.5 Å². The summed E-state index contributed by atoms with van der Waals surface area (Å²) in [5, 5.41) is 2.60. The lowest BCUT2D eigenvalue weighted by Crippen LogP contribution is -2.26. The zero-order valence-electron chi connectivity index (χ0n) is 8.50. The first-order valence-corrected chi connectivity index (χ1v) is 6.05. The molecule has 1 aromatic heterocycles. The maximum atomic E-state index is 12.7. The van der Waals surface area contributed by atoms with E-state index in [1.54, 1.807) is 13.2 Å². The van der Waals surface area contributed by atoms with E-state index in [1.807, 2.05) is 0 Å². The van der Waals surface area contributed by atoms with E-state index >= 15 is 0 Å². The number of carbonyl (C=O) groups is 1. The Hall–Kier alpha value is -1.44. The summed E-state index contributed by atoms with van der Waals surface area (Å²) >= 11 is 0. The van der Waals surface area contributed by atoms with Crippen LogP contribution in [0.4, 0.5) is 9.57 Å². The van der Waals surface area contributed by atoms with Crippen LogP contribution in [0, 0.1) is 0 Å². The monoisotopic (exact) mass is 247 g/mol. The van der Waals surface area contributed by atoms with E-state index in [0.29, 0.717) is 5.69 Å². The van der Waals surface area contributed by atoms with Crippen molar-refractivity contribution in [3.63, 3.8) is 0 Å². The highest BCUT2D eigenvalue weighted by atomic mass is 32.3. The van der Waals surface area contributed by atoms with E-state index < -0.39 is 21.4 Å². The summed E-state index contributed by atoms with van der Waals surface area (Å²) in [7, 11) is -2.99. The Morgan fingerprint density at radius 2 is 2.25 bits per heavy atom. The van der Waals surface area contributed by atoms with Crippen molar-refractivity contribution in [2.75, 3.05) is 11.4 Å². The number of hydrogen-bond acceptors (Lipinski definition) is 4. The van der Waals surface area contributed by atoms with Crippen molar-refractivity contribution in [1.29, 1.82) is 0 Å². The number of hydrogen-bond donors (Lipinski definition) is 0. The van der Waals surface area contributed by atoms with Crippen LogP contribution in [0.3, 0.4) is 0 Å². The van der Waals surface area contributed by atoms with Crippen LogP contribution in [-0.2, 0) is 22.1 Å². The Morgan fingerprint density at radius 3 is 2.69 bits per heavy atom. The topological polar surface area (TPSA) is 72.3 Å². The van der Waals surface area contributed by atoms with E-state index in [4.69, 9.17) is 0 Å². The van der Waals surface area contributed by atoms with Gasteiger partial charge in [-0.15, -0.1) is 3.89 Å². The number of nitrogens with zero attached hydrogens (tertiary/aromatic N) is 3. The van der Waals surface area contributed by atoms with Crippen molar-refractivity contribution in [2.24, 2.45) is 7.05 Å². The highest BCUT2D eigenvalue weighted by Crippen LogP contribution is 2.25. The first-order chi connectivity index (χ1) is 7.38. The molecule has 1 amide bonds. The molecule has 1 aliphatic rings. The lowest BCUT2D eigenvalue weighted by molar-refractivity contribution is -0.117. The Balaban J connectivity index is 2.24. The first kappa shape index (κ1) is 11.1. The Labute approximate surface area is 91.9 Å². The minimum absolute atomic E-state index is 0.149. The van der Waals surface area contributed by atoms with Gasteiger partial charge in [-0.1, -0.05) is 0 Å². The minimum Gasteiger partial charge on any atom is -0.308 e. The van der Waals surface area contributed by atoms with Gasteiger partial charge < -0.3 is 4.90 Å². The summed E-state index contributed by atoms with van der Waals surface area (Å²) in [6.45, 7) is -0.149. The SMILES string of the molecule is Cn1cc(N2CC(S(=O)(=O)F)CC2=O)cn1. The van der Waals surface area contributed by atoms with E-state index in [2.05, 4.69) is 5.10 Å². The standard InChI is InChI=1S/C8H10FN3O3S/c1-11-4-6(3-10-11)12-5-7(2-8(12)13)16(9,14)15/h3-4,7H,2,5H2,1H3. The van der Waals surface area contributed by atoms with Gasteiger partial charge in [0.1, 0.15) is 5.25 Å². The molecule has 6 nitrogen and oxygen atoms in total. The molecule has 0 aliphatic carbocycles. The van der Waals surface area contributed by atoms with Crippen molar-refractivity contribution < 1.29 is 17.1 Å². The highest BCUT2D eigenvalue weighted by molar-refractivity contribution is 7.87. The summed E-state index contributed by atoms with van der Waals surface area (Å²) in [6.07, 6.45) is 2.70. The summed E-state index contributed by atoms with van der Waals surface area (Å²) in [5.74, 6) is -0.403. The number of aromatic nitrogens is 2. The molecule has 0 radical (unpaired) electrons. The molecule has 1 aromatic rings. The molecule has 0 aromatic carbocycles. The third kappa shape index (κ3) is 1.92. The van der Waals surface area contributed by atoms with Crippen molar-refractivity contribution in [3.8, 4) is 0 Å². The van der Waals surface area contributed by atoms with E-state index in [9.17, 15) is 17.1 Å². The molecule has 1 aliphatic heterocycles. The van der Waals surface area contributed by atoms with Crippen LogP contribution in [-0.4, -0.2) is 35.9 Å². The van der Waals surface area contributed by atoms with Crippen LogP contribution in [0.5, 0.6) is 0 Å². The van der Waals surface area contributed by atoms with Gasteiger partial charge in [0.2, 0.25) is 5.91 Å². The Bertz CT molecular complexity index is 524. The molecule has 8 heteroatoms. The van der Waals surface area contributed by atoms with Crippen LogP contribution in [0.25, 0.3) is 0 Å². The third-order valence-corrected chi connectivity index (χ3v) is 3.60. The average Bonchev–Trinajstić information content (AvgIpc) is 2.70. The highest BCUT2D eigenvalue weighted by Gasteiger charge is 2.39. The van der Waals surface area contributed by atoms with E-state index in [0.717, 1.165) is 0 Å². The molecule has 1 unspecified atom stereocenters. The normalized spacial score (nSPS) is 21.8. The zero-order chi connectivity index (χ0) is 11.9.